The summed E-state index contributed by atoms with van der Waals surface area (Å²) in [5, 5.41) is 0. The van der Waals surface area contributed by atoms with E-state index in [-0.39, 0.29) is 12.1 Å². The van der Waals surface area contributed by atoms with Gasteiger partial charge in [-0.3, -0.25) is 4.79 Å². The van der Waals surface area contributed by atoms with Gasteiger partial charge in [-0.25, -0.2) is 0 Å². The number of anilines is 2. The minimum absolute atomic E-state index is 0.289. The van der Waals surface area contributed by atoms with Gasteiger partial charge in [-0.15, -0.1) is 0 Å². The zero-order valence-corrected chi connectivity index (χ0v) is 8.99. The molecule has 0 aliphatic carbocycles. The highest BCUT2D eigenvalue weighted by Gasteiger charge is 2.15. The van der Waals surface area contributed by atoms with Crippen molar-refractivity contribution >= 4 is 17.3 Å². The fraction of sp³-hybridized carbons (Fsp3) is 0.364. The highest BCUT2D eigenvalue weighted by atomic mass is 16.5. The third kappa shape index (κ3) is 2.87. The molecule has 1 unspecified atom stereocenters. The van der Waals surface area contributed by atoms with Gasteiger partial charge in [0.2, 0.25) is 0 Å². The molecule has 0 aromatic heterocycles. The molecule has 0 radical (unpaired) electrons. The second kappa shape index (κ2) is 4.68. The van der Waals surface area contributed by atoms with Gasteiger partial charge >= 0.3 is 5.97 Å². The van der Waals surface area contributed by atoms with E-state index in [0.717, 1.165) is 5.56 Å². The molecule has 0 heterocycles. The van der Waals surface area contributed by atoms with E-state index in [1.54, 1.807) is 18.2 Å². The van der Waals surface area contributed by atoms with Crippen LogP contribution < -0.4 is 11.5 Å². The number of rotatable bonds is 3. The van der Waals surface area contributed by atoms with E-state index in [9.17, 15) is 4.79 Å². The number of nitrogens with two attached hydrogens (primary N) is 2. The standard InChI is InChI=1S/C11H16N2O2/c1-3-11(15-7(2)14)9-5-4-8(12)6-10(9)13/h4-6,11H,3,12-13H2,1-2H3. The first-order valence-corrected chi connectivity index (χ1v) is 4.86. The topological polar surface area (TPSA) is 78.3 Å². The summed E-state index contributed by atoms with van der Waals surface area (Å²) < 4.78 is 5.15. The van der Waals surface area contributed by atoms with Crippen LogP contribution in [-0.4, -0.2) is 5.97 Å². The fourth-order valence-corrected chi connectivity index (χ4v) is 1.45. The van der Waals surface area contributed by atoms with E-state index in [2.05, 4.69) is 0 Å². The van der Waals surface area contributed by atoms with Crippen LogP contribution in [0.4, 0.5) is 11.4 Å². The summed E-state index contributed by atoms with van der Waals surface area (Å²) in [5.74, 6) is -0.307. The van der Waals surface area contributed by atoms with Gasteiger partial charge in [0.25, 0.3) is 0 Å². The molecule has 1 atom stereocenters. The highest BCUT2D eigenvalue weighted by molar-refractivity contribution is 5.67. The first-order chi connectivity index (χ1) is 7.04. The molecule has 1 aromatic carbocycles. The van der Waals surface area contributed by atoms with Gasteiger partial charge in [-0.05, 0) is 18.6 Å². The molecule has 15 heavy (non-hydrogen) atoms. The van der Waals surface area contributed by atoms with Gasteiger partial charge in [0.05, 0.1) is 0 Å². The summed E-state index contributed by atoms with van der Waals surface area (Å²) in [6.07, 6.45) is 0.399. The third-order valence-electron chi connectivity index (χ3n) is 2.14. The molecule has 0 aliphatic heterocycles. The van der Waals surface area contributed by atoms with Crippen molar-refractivity contribution in [3.8, 4) is 0 Å². The first kappa shape index (κ1) is 11.4. The highest BCUT2D eigenvalue weighted by Crippen LogP contribution is 2.27. The minimum Gasteiger partial charge on any atom is -0.458 e. The quantitative estimate of drug-likeness (QED) is 0.587. The number of hydrogen-bond acceptors (Lipinski definition) is 4. The Hall–Kier alpha value is -1.71. The molecule has 4 N–H and O–H groups in total. The Bertz CT molecular complexity index is 364. The summed E-state index contributed by atoms with van der Waals surface area (Å²) >= 11 is 0. The van der Waals surface area contributed by atoms with E-state index in [1.807, 2.05) is 6.92 Å². The molecular weight excluding hydrogens is 192 g/mol. The number of benzene rings is 1. The maximum absolute atomic E-state index is 10.9. The average molecular weight is 208 g/mol. The SMILES string of the molecule is CCC(OC(C)=O)c1ccc(N)cc1N. The van der Waals surface area contributed by atoms with Crippen molar-refractivity contribution in [3.05, 3.63) is 23.8 Å². The van der Waals surface area contributed by atoms with Crippen LogP contribution in [0.3, 0.4) is 0 Å². The lowest BCUT2D eigenvalue weighted by Gasteiger charge is -2.17. The largest absolute Gasteiger partial charge is 0.458 e. The zero-order valence-electron chi connectivity index (χ0n) is 8.99. The molecule has 0 bridgehead atoms. The van der Waals surface area contributed by atoms with Gasteiger partial charge < -0.3 is 16.2 Å². The van der Waals surface area contributed by atoms with Gasteiger partial charge in [0.1, 0.15) is 6.10 Å². The molecule has 4 nitrogen and oxygen atoms in total. The zero-order chi connectivity index (χ0) is 11.4. The van der Waals surface area contributed by atoms with Crippen LogP contribution in [0.25, 0.3) is 0 Å². The van der Waals surface area contributed by atoms with Crippen LogP contribution in [0.5, 0.6) is 0 Å². The molecule has 1 rings (SSSR count). The van der Waals surface area contributed by atoms with Crippen molar-refractivity contribution in [1.82, 2.24) is 0 Å². The van der Waals surface area contributed by atoms with Crippen molar-refractivity contribution < 1.29 is 9.53 Å². The van der Waals surface area contributed by atoms with E-state index in [4.69, 9.17) is 16.2 Å². The molecule has 0 saturated heterocycles. The van der Waals surface area contributed by atoms with Gasteiger partial charge in [0.15, 0.2) is 0 Å². The van der Waals surface area contributed by atoms with Crippen molar-refractivity contribution in [2.24, 2.45) is 0 Å². The first-order valence-electron chi connectivity index (χ1n) is 4.86. The van der Waals surface area contributed by atoms with E-state index in [1.165, 1.54) is 6.92 Å². The van der Waals surface area contributed by atoms with Crippen molar-refractivity contribution in [2.75, 3.05) is 11.5 Å². The summed E-state index contributed by atoms with van der Waals surface area (Å²) in [5.41, 5.74) is 13.4. The van der Waals surface area contributed by atoms with Crippen LogP contribution >= 0.6 is 0 Å². The van der Waals surface area contributed by atoms with E-state index < -0.39 is 0 Å². The van der Waals surface area contributed by atoms with Crippen LogP contribution in [0.1, 0.15) is 31.9 Å². The Morgan fingerprint density at radius 3 is 2.60 bits per heavy atom. The lowest BCUT2D eigenvalue weighted by Crippen LogP contribution is -2.10. The number of carbonyl (C=O) groups is 1. The lowest BCUT2D eigenvalue weighted by atomic mass is 10.0. The normalized spacial score (nSPS) is 12.1. The Labute approximate surface area is 89.2 Å². The minimum atomic E-state index is -0.307. The molecule has 1 aromatic rings. The number of ether oxygens (including phenoxy) is 1. The molecule has 0 saturated carbocycles. The predicted octanol–water partition coefficient (Wildman–Crippen LogP) is 1.87. The van der Waals surface area contributed by atoms with Crippen LogP contribution in [0, 0.1) is 0 Å². The molecule has 0 aliphatic rings. The predicted molar refractivity (Wildman–Crippen MR) is 60.1 cm³/mol. The lowest BCUT2D eigenvalue weighted by molar-refractivity contribution is -0.146. The van der Waals surface area contributed by atoms with Gasteiger partial charge in [0, 0.05) is 23.9 Å². The number of esters is 1. The Balaban J connectivity index is 2.96. The molecule has 0 spiro atoms. The Morgan fingerprint density at radius 2 is 2.13 bits per heavy atom. The van der Waals surface area contributed by atoms with E-state index >= 15 is 0 Å². The van der Waals surface area contributed by atoms with Crippen molar-refractivity contribution in [2.45, 2.75) is 26.4 Å². The van der Waals surface area contributed by atoms with Crippen molar-refractivity contribution in [3.63, 3.8) is 0 Å². The summed E-state index contributed by atoms with van der Waals surface area (Å²) in [7, 11) is 0. The van der Waals surface area contributed by atoms with E-state index in [0.29, 0.717) is 17.8 Å². The maximum atomic E-state index is 10.9. The average Bonchev–Trinajstić information content (AvgIpc) is 2.14. The second-order valence-corrected chi connectivity index (χ2v) is 3.39. The van der Waals surface area contributed by atoms with Crippen molar-refractivity contribution in [1.29, 1.82) is 0 Å². The molecule has 4 heteroatoms. The van der Waals surface area contributed by atoms with Crippen LogP contribution in [0.2, 0.25) is 0 Å². The number of hydrogen-bond donors (Lipinski definition) is 2. The molecule has 0 fully saturated rings. The maximum Gasteiger partial charge on any atom is 0.303 e. The third-order valence-corrected chi connectivity index (χ3v) is 2.14. The summed E-state index contributed by atoms with van der Waals surface area (Å²) in [4.78, 5) is 10.9. The Kier molecular flexibility index (Phi) is 3.55. The summed E-state index contributed by atoms with van der Waals surface area (Å²) in [6.45, 7) is 3.32. The fourth-order valence-electron chi connectivity index (χ4n) is 1.45. The molecular formula is C11H16N2O2. The Morgan fingerprint density at radius 1 is 1.47 bits per heavy atom. The van der Waals surface area contributed by atoms with Crippen LogP contribution in [0.15, 0.2) is 18.2 Å². The van der Waals surface area contributed by atoms with Gasteiger partial charge in [-0.2, -0.15) is 0 Å². The number of nitrogen functional groups attached to an aromatic ring is 2. The van der Waals surface area contributed by atoms with Gasteiger partial charge in [-0.1, -0.05) is 13.0 Å². The smallest absolute Gasteiger partial charge is 0.303 e. The number of carbonyl (C=O) groups excluding carboxylic acids is 1. The molecule has 82 valence electrons. The second-order valence-electron chi connectivity index (χ2n) is 3.39. The van der Waals surface area contributed by atoms with Crippen LogP contribution in [-0.2, 0) is 9.53 Å². The molecule has 0 amide bonds. The monoisotopic (exact) mass is 208 g/mol. The summed E-state index contributed by atoms with van der Waals surface area (Å²) in [6, 6.07) is 5.21.